The van der Waals surface area contributed by atoms with Crippen molar-refractivity contribution < 1.29 is 4.74 Å². The number of ether oxygens (including phenoxy) is 1. The van der Waals surface area contributed by atoms with Crippen molar-refractivity contribution in [2.45, 2.75) is 6.92 Å². The van der Waals surface area contributed by atoms with E-state index in [2.05, 4.69) is 37.3 Å². The van der Waals surface area contributed by atoms with E-state index in [1.165, 1.54) is 5.69 Å². The van der Waals surface area contributed by atoms with Gasteiger partial charge in [0.05, 0.1) is 25.0 Å². The topological polar surface area (TPSA) is 86.4 Å². The first-order valence-corrected chi connectivity index (χ1v) is 10.2. The van der Waals surface area contributed by atoms with Crippen molar-refractivity contribution in [1.29, 1.82) is 5.26 Å². The van der Waals surface area contributed by atoms with E-state index in [0.717, 1.165) is 54.5 Å². The molecule has 0 bridgehead atoms. The van der Waals surface area contributed by atoms with E-state index in [0.29, 0.717) is 5.95 Å². The SMILES string of the molecule is CC(=NCC#N)c1ccc(-c2ccnc(Nc3ccc(N4CCOCC4)cc3)n2)cc1. The lowest BCUT2D eigenvalue weighted by Crippen LogP contribution is -2.36. The quantitative estimate of drug-likeness (QED) is 0.485. The average Bonchev–Trinajstić information content (AvgIpc) is 2.84. The van der Waals surface area contributed by atoms with Gasteiger partial charge in [0.2, 0.25) is 5.95 Å². The molecule has 0 unspecified atom stereocenters. The van der Waals surface area contributed by atoms with Gasteiger partial charge in [-0.15, -0.1) is 0 Å². The van der Waals surface area contributed by atoms with Gasteiger partial charge >= 0.3 is 0 Å². The molecule has 0 spiro atoms. The maximum atomic E-state index is 8.68. The minimum atomic E-state index is 0.169. The van der Waals surface area contributed by atoms with Crippen LogP contribution in [0.2, 0.25) is 0 Å². The van der Waals surface area contributed by atoms with Crippen LogP contribution < -0.4 is 10.2 Å². The fourth-order valence-electron chi connectivity index (χ4n) is 3.41. The van der Waals surface area contributed by atoms with E-state index in [4.69, 9.17) is 10.00 Å². The van der Waals surface area contributed by atoms with Gasteiger partial charge in [0.15, 0.2) is 0 Å². The van der Waals surface area contributed by atoms with Gasteiger partial charge in [-0.1, -0.05) is 24.3 Å². The Morgan fingerprint density at radius 2 is 1.84 bits per heavy atom. The predicted molar refractivity (Wildman–Crippen MR) is 123 cm³/mol. The zero-order valence-corrected chi connectivity index (χ0v) is 17.5. The van der Waals surface area contributed by atoms with E-state index in [9.17, 15) is 0 Å². The van der Waals surface area contributed by atoms with Crippen LogP contribution in [0.5, 0.6) is 0 Å². The first-order chi connectivity index (χ1) is 15.2. The van der Waals surface area contributed by atoms with Crippen LogP contribution in [0, 0.1) is 11.3 Å². The smallest absolute Gasteiger partial charge is 0.227 e. The molecule has 1 saturated heterocycles. The summed E-state index contributed by atoms with van der Waals surface area (Å²) in [6.45, 7) is 5.45. The fourth-order valence-corrected chi connectivity index (χ4v) is 3.41. The minimum absolute atomic E-state index is 0.169. The number of nitrogens with one attached hydrogen (secondary N) is 1. The molecule has 156 valence electrons. The van der Waals surface area contributed by atoms with Crippen molar-refractivity contribution in [1.82, 2.24) is 9.97 Å². The molecule has 1 aliphatic heterocycles. The highest BCUT2D eigenvalue weighted by Crippen LogP contribution is 2.23. The summed E-state index contributed by atoms with van der Waals surface area (Å²) < 4.78 is 5.42. The van der Waals surface area contributed by atoms with Gasteiger partial charge in [0, 0.05) is 41.9 Å². The normalized spacial score (nSPS) is 14.2. The maximum Gasteiger partial charge on any atom is 0.227 e. The van der Waals surface area contributed by atoms with E-state index >= 15 is 0 Å². The van der Waals surface area contributed by atoms with E-state index < -0.39 is 0 Å². The average molecular weight is 412 g/mol. The lowest BCUT2D eigenvalue weighted by atomic mass is 10.1. The second kappa shape index (κ2) is 9.83. The summed E-state index contributed by atoms with van der Waals surface area (Å²) in [6.07, 6.45) is 1.75. The monoisotopic (exact) mass is 412 g/mol. The van der Waals surface area contributed by atoms with Gasteiger partial charge in [-0.05, 0) is 42.8 Å². The number of nitrogens with zero attached hydrogens (tertiary/aromatic N) is 5. The third-order valence-corrected chi connectivity index (χ3v) is 5.14. The molecule has 0 saturated carbocycles. The van der Waals surface area contributed by atoms with E-state index in [1.54, 1.807) is 6.20 Å². The zero-order valence-electron chi connectivity index (χ0n) is 17.5. The number of anilines is 3. The molecular weight excluding hydrogens is 388 g/mol. The molecule has 0 aliphatic carbocycles. The highest BCUT2D eigenvalue weighted by molar-refractivity contribution is 5.99. The highest BCUT2D eigenvalue weighted by Gasteiger charge is 2.11. The first-order valence-electron chi connectivity index (χ1n) is 10.2. The molecule has 1 fully saturated rings. The molecule has 2 heterocycles. The Balaban J connectivity index is 1.45. The van der Waals surface area contributed by atoms with Crippen LogP contribution in [-0.4, -0.2) is 48.5 Å². The Bertz CT molecular complexity index is 1080. The molecule has 1 N–H and O–H groups in total. The van der Waals surface area contributed by atoms with Gasteiger partial charge in [0.1, 0.15) is 6.54 Å². The zero-order chi connectivity index (χ0) is 21.5. The Kier molecular flexibility index (Phi) is 6.50. The van der Waals surface area contributed by atoms with Crippen LogP contribution in [0.4, 0.5) is 17.3 Å². The number of hydrogen-bond acceptors (Lipinski definition) is 7. The molecule has 3 aromatic rings. The second-order valence-corrected chi connectivity index (χ2v) is 7.17. The standard InChI is InChI=1S/C24H24N6O/c1-18(26-13-11-25)19-2-4-20(5-3-19)23-10-12-27-24(29-23)28-21-6-8-22(9-7-21)30-14-16-31-17-15-30/h2-10,12H,13-17H2,1H3,(H,27,28,29). The molecular formula is C24H24N6O. The fraction of sp³-hybridized carbons (Fsp3) is 0.250. The van der Waals surface area contributed by atoms with Crippen molar-refractivity contribution >= 4 is 23.0 Å². The Morgan fingerprint density at radius 3 is 2.55 bits per heavy atom. The molecule has 1 aliphatic rings. The molecule has 1 aromatic heterocycles. The summed E-state index contributed by atoms with van der Waals surface area (Å²) in [5.41, 5.74) is 5.79. The van der Waals surface area contributed by atoms with Gasteiger partial charge < -0.3 is 15.0 Å². The summed E-state index contributed by atoms with van der Waals surface area (Å²) in [5, 5.41) is 12.0. The van der Waals surface area contributed by atoms with Crippen LogP contribution in [0.3, 0.4) is 0 Å². The van der Waals surface area contributed by atoms with Gasteiger partial charge in [-0.25, -0.2) is 9.97 Å². The van der Waals surface area contributed by atoms with Crippen molar-refractivity contribution in [3.8, 4) is 17.3 Å². The Morgan fingerprint density at radius 1 is 1.10 bits per heavy atom. The Labute approximate surface area is 182 Å². The summed E-state index contributed by atoms with van der Waals surface area (Å²) in [5.74, 6) is 0.549. The van der Waals surface area contributed by atoms with Crippen molar-refractivity contribution in [2.75, 3.05) is 43.1 Å². The van der Waals surface area contributed by atoms with Crippen LogP contribution in [0.15, 0.2) is 65.8 Å². The third kappa shape index (κ3) is 5.24. The van der Waals surface area contributed by atoms with Crippen LogP contribution in [0.1, 0.15) is 12.5 Å². The van der Waals surface area contributed by atoms with Crippen molar-refractivity contribution in [2.24, 2.45) is 4.99 Å². The van der Waals surface area contributed by atoms with Crippen LogP contribution in [0.25, 0.3) is 11.3 Å². The van der Waals surface area contributed by atoms with Crippen molar-refractivity contribution in [3.63, 3.8) is 0 Å². The summed E-state index contributed by atoms with van der Waals surface area (Å²) in [7, 11) is 0. The third-order valence-electron chi connectivity index (χ3n) is 5.14. The van der Waals surface area contributed by atoms with Crippen LogP contribution in [-0.2, 0) is 4.74 Å². The minimum Gasteiger partial charge on any atom is -0.378 e. The van der Waals surface area contributed by atoms with Crippen LogP contribution >= 0.6 is 0 Å². The molecule has 0 amide bonds. The molecule has 31 heavy (non-hydrogen) atoms. The van der Waals surface area contributed by atoms with Crippen molar-refractivity contribution in [3.05, 3.63) is 66.4 Å². The molecule has 0 atom stereocenters. The molecule has 4 rings (SSSR count). The van der Waals surface area contributed by atoms with Gasteiger partial charge in [-0.3, -0.25) is 4.99 Å². The molecule has 0 radical (unpaired) electrons. The largest absolute Gasteiger partial charge is 0.378 e. The highest BCUT2D eigenvalue weighted by atomic mass is 16.5. The van der Waals surface area contributed by atoms with Gasteiger partial charge in [0.25, 0.3) is 0 Å². The summed E-state index contributed by atoms with van der Waals surface area (Å²) in [6, 6.07) is 20.2. The molecule has 7 heteroatoms. The Hall–Kier alpha value is -3.76. The number of aliphatic imine (C=N–C) groups is 1. The van der Waals surface area contributed by atoms with Gasteiger partial charge in [-0.2, -0.15) is 5.26 Å². The lowest BCUT2D eigenvalue weighted by molar-refractivity contribution is 0.122. The van der Waals surface area contributed by atoms with E-state index in [1.807, 2.05) is 55.5 Å². The summed E-state index contributed by atoms with van der Waals surface area (Å²) in [4.78, 5) is 15.5. The predicted octanol–water partition coefficient (Wildman–Crippen LogP) is 4.06. The number of nitriles is 1. The number of hydrogen-bond donors (Lipinski definition) is 1. The number of benzene rings is 2. The number of morpholine rings is 1. The lowest BCUT2D eigenvalue weighted by Gasteiger charge is -2.28. The molecule has 2 aromatic carbocycles. The first kappa shape index (κ1) is 20.5. The summed E-state index contributed by atoms with van der Waals surface area (Å²) >= 11 is 0. The molecule has 7 nitrogen and oxygen atoms in total. The maximum absolute atomic E-state index is 8.68. The van der Waals surface area contributed by atoms with E-state index in [-0.39, 0.29) is 6.54 Å². The number of aromatic nitrogens is 2. The number of rotatable bonds is 6. The second-order valence-electron chi connectivity index (χ2n) is 7.17.